The van der Waals surface area contributed by atoms with Crippen molar-refractivity contribution in [1.82, 2.24) is 10.2 Å². The van der Waals surface area contributed by atoms with Gasteiger partial charge >= 0.3 is 0 Å². The first-order valence-corrected chi connectivity index (χ1v) is 9.77. The summed E-state index contributed by atoms with van der Waals surface area (Å²) in [7, 11) is -1.11. The van der Waals surface area contributed by atoms with Crippen LogP contribution in [0.2, 0.25) is 0 Å². The molecule has 0 saturated carbocycles. The molecule has 5 nitrogen and oxygen atoms in total. The zero-order valence-corrected chi connectivity index (χ0v) is 15.1. The monoisotopic (exact) mass is 338 g/mol. The number of carbonyl (C=O) groups is 1. The number of benzene rings is 1. The average Bonchev–Trinajstić information content (AvgIpc) is 2.82. The predicted octanol–water partition coefficient (Wildman–Crippen LogP) is 1.60. The van der Waals surface area contributed by atoms with Crippen LogP contribution < -0.4 is 5.32 Å². The second kappa shape index (κ2) is 7.01. The number of aryl methyl sites for hydroxylation is 2. The number of nitrogens with one attached hydrogen (secondary N) is 1. The number of rotatable bonds is 5. The Hall–Kier alpha value is -1.40. The summed E-state index contributed by atoms with van der Waals surface area (Å²) in [5.41, 5.74) is 3.51. The van der Waals surface area contributed by atoms with Gasteiger partial charge in [-0.2, -0.15) is 0 Å². The van der Waals surface area contributed by atoms with E-state index in [1.54, 1.807) is 0 Å². The van der Waals surface area contributed by atoms with Gasteiger partial charge in [0.25, 0.3) is 0 Å². The molecule has 0 radical (unpaired) electrons. The van der Waals surface area contributed by atoms with Crippen molar-refractivity contribution in [1.29, 1.82) is 0 Å². The van der Waals surface area contributed by atoms with E-state index in [0.717, 1.165) is 5.56 Å². The molecular formula is C17H26N2O3S. The fraction of sp³-hybridized carbons (Fsp3) is 0.588. The molecule has 0 aromatic heterocycles. The molecule has 1 aliphatic heterocycles. The van der Waals surface area contributed by atoms with Crippen molar-refractivity contribution in [3.05, 3.63) is 34.9 Å². The number of amides is 1. The quantitative estimate of drug-likeness (QED) is 0.885. The predicted molar refractivity (Wildman–Crippen MR) is 92.2 cm³/mol. The molecule has 0 spiro atoms. The van der Waals surface area contributed by atoms with Crippen LogP contribution in [0.15, 0.2) is 18.2 Å². The van der Waals surface area contributed by atoms with E-state index in [4.69, 9.17) is 0 Å². The Kier molecular flexibility index (Phi) is 5.47. The van der Waals surface area contributed by atoms with Crippen LogP contribution in [0.3, 0.4) is 0 Å². The van der Waals surface area contributed by atoms with Crippen LogP contribution in [-0.4, -0.2) is 50.4 Å². The standard InChI is InChI=1S/C17H26N2O3S/c1-12-5-6-15(9-13(12)2)14(3)18-17(20)10-19(4)16-7-8-23(21,22)11-16/h5-6,9,14,16H,7-8,10-11H2,1-4H3,(H,18,20). The number of hydrogen-bond donors (Lipinski definition) is 1. The zero-order chi connectivity index (χ0) is 17.2. The summed E-state index contributed by atoms with van der Waals surface area (Å²) in [6.45, 7) is 6.30. The summed E-state index contributed by atoms with van der Waals surface area (Å²) in [4.78, 5) is 14.0. The van der Waals surface area contributed by atoms with E-state index >= 15 is 0 Å². The average molecular weight is 338 g/mol. The summed E-state index contributed by atoms with van der Waals surface area (Å²) < 4.78 is 23.1. The molecule has 1 N–H and O–H groups in total. The van der Waals surface area contributed by atoms with Crippen LogP contribution in [0.1, 0.15) is 36.1 Å². The maximum absolute atomic E-state index is 12.2. The molecule has 23 heavy (non-hydrogen) atoms. The number of sulfone groups is 1. The van der Waals surface area contributed by atoms with Crippen LogP contribution in [0, 0.1) is 13.8 Å². The highest BCUT2D eigenvalue weighted by molar-refractivity contribution is 7.91. The molecule has 2 rings (SSSR count). The molecule has 1 aromatic carbocycles. The Morgan fingerprint density at radius 1 is 1.35 bits per heavy atom. The minimum Gasteiger partial charge on any atom is -0.348 e. The van der Waals surface area contributed by atoms with E-state index in [0.29, 0.717) is 6.42 Å². The highest BCUT2D eigenvalue weighted by atomic mass is 32.2. The van der Waals surface area contributed by atoms with Crippen LogP contribution >= 0.6 is 0 Å². The SMILES string of the molecule is Cc1ccc(C(C)NC(=O)CN(C)C2CCS(=O)(=O)C2)cc1C. The molecule has 1 amide bonds. The zero-order valence-electron chi connectivity index (χ0n) is 14.3. The smallest absolute Gasteiger partial charge is 0.234 e. The van der Waals surface area contributed by atoms with Crippen LogP contribution in [0.25, 0.3) is 0 Å². The normalized spacial score (nSPS) is 21.3. The molecular weight excluding hydrogens is 312 g/mol. The maximum atomic E-state index is 12.2. The van der Waals surface area contributed by atoms with Gasteiger partial charge < -0.3 is 5.32 Å². The van der Waals surface area contributed by atoms with Gasteiger partial charge in [0, 0.05) is 6.04 Å². The van der Waals surface area contributed by atoms with Gasteiger partial charge in [-0.25, -0.2) is 8.42 Å². The third-order valence-corrected chi connectivity index (χ3v) is 6.38. The molecule has 2 unspecified atom stereocenters. The second-order valence-corrected chi connectivity index (χ2v) is 8.83. The second-order valence-electron chi connectivity index (χ2n) is 6.60. The number of hydrogen-bond acceptors (Lipinski definition) is 4. The molecule has 1 heterocycles. The van der Waals surface area contributed by atoms with Crippen molar-refractivity contribution in [2.24, 2.45) is 0 Å². The fourth-order valence-electron chi connectivity index (χ4n) is 2.88. The first kappa shape index (κ1) is 17.9. The van der Waals surface area contributed by atoms with Gasteiger partial charge in [-0.15, -0.1) is 0 Å². The lowest BCUT2D eigenvalue weighted by Crippen LogP contribution is -2.41. The minimum atomic E-state index is -2.92. The third-order valence-electron chi connectivity index (χ3n) is 4.63. The molecule has 1 saturated heterocycles. The van der Waals surface area contributed by atoms with Crippen molar-refractivity contribution < 1.29 is 13.2 Å². The van der Waals surface area contributed by atoms with Gasteiger partial charge in [0.1, 0.15) is 0 Å². The van der Waals surface area contributed by atoms with Crippen LogP contribution in [0.5, 0.6) is 0 Å². The number of nitrogens with zero attached hydrogens (tertiary/aromatic N) is 1. The first-order valence-electron chi connectivity index (χ1n) is 7.95. The number of likely N-dealkylation sites (N-methyl/N-ethyl adjacent to an activating group) is 1. The van der Waals surface area contributed by atoms with Crippen molar-refractivity contribution in [2.75, 3.05) is 25.1 Å². The summed E-state index contributed by atoms with van der Waals surface area (Å²) in [5.74, 6) is 0.300. The number of carbonyl (C=O) groups excluding carboxylic acids is 1. The lowest BCUT2D eigenvalue weighted by atomic mass is 10.0. The minimum absolute atomic E-state index is 0.0531. The van der Waals surface area contributed by atoms with Gasteiger partial charge in [0.15, 0.2) is 9.84 Å². The Balaban J connectivity index is 1.90. The van der Waals surface area contributed by atoms with Gasteiger partial charge in [-0.05, 0) is 50.9 Å². The Morgan fingerprint density at radius 2 is 2.04 bits per heavy atom. The molecule has 6 heteroatoms. The highest BCUT2D eigenvalue weighted by Crippen LogP contribution is 2.18. The molecule has 2 atom stereocenters. The van der Waals surface area contributed by atoms with Gasteiger partial charge in [-0.3, -0.25) is 9.69 Å². The highest BCUT2D eigenvalue weighted by Gasteiger charge is 2.31. The van der Waals surface area contributed by atoms with Crippen molar-refractivity contribution in [2.45, 2.75) is 39.3 Å². The van der Waals surface area contributed by atoms with Gasteiger partial charge in [-0.1, -0.05) is 18.2 Å². The van der Waals surface area contributed by atoms with Gasteiger partial charge in [0.2, 0.25) is 5.91 Å². The van der Waals surface area contributed by atoms with Crippen molar-refractivity contribution in [3.63, 3.8) is 0 Å². The largest absolute Gasteiger partial charge is 0.348 e. The summed E-state index contributed by atoms with van der Waals surface area (Å²) in [6, 6.07) is 6.06. The molecule has 1 aromatic rings. The van der Waals surface area contributed by atoms with Crippen molar-refractivity contribution >= 4 is 15.7 Å². The van der Waals surface area contributed by atoms with E-state index < -0.39 is 9.84 Å². The lowest BCUT2D eigenvalue weighted by molar-refractivity contribution is -0.123. The topological polar surface area (TPSA) is 66.5 Å². The first-order chi connectivity index (χ1) is 10.7. The molecule has 128 valence electrons. The lowest BCUT2D eigenvalue weighted by Gasteiger charge is -2.23. The Morgan fingerprint density at radius 3 is 2.61 bits per heavy atom. The van der Waals surface area contributed by atoms with Crippen LogP contribution in [0.4, 0.5) is 0 Å². The molecule has 0 aliphatic carbocycles. The van der Waals surface area contributed by atoms with E-state index in [1.807, 2.05) is 24.9 Å². The summed E-state index contributed by atoms with van der Waals surface area (Å²) in [6.07, 6.45) is 0.610. The molecule has 1 aliphatic rings. The Bertz CT molecular complexity index is 685. The Labute approximate surface area is 139 Å². The third kappa shape index (κ3) is 4.78. The van der Waals surface area contributed by atoms with Crippen LogP contribution in [-0.2, 0) is 14.6 Å². The molecule has 0 bridgehead atoms. The van der Waals surface area contributed by atoms with E-state index in [-0.39, 0.29) is 36.0 Å². The van der Waals surface area contributed by atoms with E-state index in [1.165, 1.54) is 11.1 Å². The van der Waals surface area contributed by atoms with Crippen molar-refractivity contribution in [3.8, 4) is 0 Å². The van der Waals surface area contributed by atoms with E-state index in [2.05, 4.69) is 31.3 Å². The summed E-state index contributed by atoms with van der Waals surface area (Å²) in [5, 5.41) is 2.99. The summed E-state index contributed by atoms with van der Waals surface area (Å²) >= 11 is 0. The fourth-order valence-corrected chi connectivity index (χ4v) is 4.69. The molecule has 1 fully saturated rings. The maximum Gasteiger partial charge on any atom is 0.234 e. The van der Waals surface area contributed by atoms with Gasteiger partial charge in [0.05, 0.1) is 24.1 Å². The van der Waals surface area contributed by atoms with E-state index in [9.17, 15) is 13.2 Å².